The monoisotopic (exact) mass is 690 g/mol. The van der Waals surface area contributed by atoms with Gasteiger partial charge in [-0.1, -0.05) is 112 Å². The van der Waals surface area contributed by atoms with Crippen LogP contribution in [-0.4, -0.2) is 65.2 Å². The topological polar surface area (TPSA) is 66.4 Å². The SMILES string of the molecule is C=C(C[C@H]1C[C@H](O)C[C@@]2(C[C@@H](O[Si](C)(C)C(C)(C)C)C[C@H](CCOCc3ccccc3)O2)O1)[C@@H](C)CO[Si](C(C)C)(C(C)C)C(C)C. The van der Waals surface area contributed by atoms with E-state index in [0.29, 0.717) is 62.1 Å². The quantitative estimate of drug-likeness (QED) is 0.106. The van der Waals surface area contributed by atoms with Crippen molar-refractivity contribution in [3.63, 3.8) is 0 Å². The fourth-order valence-electron chi connectivity index (χ4n) is 7.82. The molecule has 6 nitrogen and oxygen atoms in total. The lowest BCUT2D eigenvalue weighted by atomic mass is 9.87. The fourth-order valence-corrected chi connectivity index (χ4v) is 14.7. The molecule has 0 unspecified atom stereocenters. The van der Waals surface area contributed by atoms with Gasteiger partial charge in [-0.2, -0.15) is 0 Å². The molecular weight excluding hydrogens is 621 g/mol. The fraction of sp³-hybridized carbons (Fsp3) is 0.795. The van der Waals surface area contributed by atoms with Crippen LogP contribution in [0.5, 0.6) is 0 Å². The zero-order valence-electron chi connectivity index (χ0n) is 32.1. The van der Waals surface area contributed by atoms with Crippen molar-refractivity contribution in [3.05, 3.63) is 48.0 Å². The van der Waals surface area contributed by atoms with E-state index in [1.807, 2.05) is 18.2 Å². The Labute approximate surface area is 290 Å². The molecule has 0 bridgehead atoms. The van der Waals surface area contributed by atoms with Crippen LogP contribution in [0.1, 0.15) is 113 Å². The van der Waals surface area contributed by atoms with Gasteiger partial charge < -0.3 is 28.2 Å². The lowest BCUT2D eigenvalue weighted by Crippen LogP contribution is -2.57. The smallest absolute Gasteiger partial charge is 0.200 e. The van der Waals surface area contributed by atoms with E-state index in [4.69, 9.17) is 23.1 Å². The van der Waals surface area contributed by atoms with Crippen LogP contribution >= 0.6 is 0 Å². The molecule has 8 heteroatoms. The first-order chi connectivity index (χ1) is 21.8. The summed E-state index contributed by atoms with van der Waals surface area (Å²) in [6.45, 7) is 34.1. The van der Waals surface area contributed by atoms with E-state index in [1.165, 1.54) is 5.56 Å². The Morgan fingerprint density at radius 2 is 1.53 bits per heavy atom. The minimum atomic E-state index is -2.04. The van der Waals surface area contributed by atoms with Gasteiger partial charge in [0.15, 0.2) is 22.4 Å². The first-order valence-corrected chi connectivity index (χ1v) is 23.5. The van der Waals surface area contributed by atoms with Crippen LogP contribution in [-0.2, 0) is 29.7 Å². The third-order valence-electron chi connectivity index (χ3n) is 11.3. The summed E-state index contributed by atoms with van der Waals surface area (Å²) in [4.78, 5) is 0. The molecule has 0 saturated carbocycles. The molecule has 0 aromatic heterocycles. The number of rotatable bonds is 16. The summed E-state index contributed by atoms with van der Waals surface area (Å²) in [5.74, 6) is -0.680. The van der Waals surface area contributed by atoms with Gasteiger partial charge >= 0.3 is 0 Å². The van der Waals surface area contributed by atoms with Gasteiger partial charge in [-0.25, -0.2) is 0 Å². The second-order valence-electron chi connectivity index (χ2n) is 17.1. The summed E-state index contributed by atoms with van der Waals surface area (Å²) in [6.07, 6.45) is 3.18. The van der Waals surface area contributed by atoms with Crippen molar-refractivity contribution in [3.8, 4) is 0 Å². The van der Waals surface area contributed by atoms with Crippen molar-refractivity contribution in [1.82, 2.24) is 0 Å². The Hall–Kier alpha value is -0.846. The molecule has 2 heterocycles. The summed E-state index contributed by atoms with van der Waals surface area (Å²) in [5.41, 5.74) is 3.91. The number of aliphatic hydroxyl groups is 1. The lowest BCUT2D eigenvalue weighted by Gasteiger charge is -2.51. The Balaban J connectivity index is 1.71. The van der Waals surface area contributed by atoms with Crippen molar-refractivity contribution >= 4 is 16.6 Å². The van der Waals surface area contributed by atoms with E-state index >= 15 is 0 Å². The van der Waals surface area contributed by atoms with Crippen LogP contribution in [0, 0.1) is 5.92 Å². The number of aliphatic hydroxyl groups excluding tert-OH is 1. The van der Waals surface area contributed by atoms with Crippen molar-refractivity contribution < 1.29 is 28.2 Å². The highest BCUT2D eigenvalue weighted by atomic mass is 28.4. The van der Waals surface area contributed by atoms with Gasteiger partial charge in [0.2, 0.25) is 0 Å². The van der Waals surface area contributed by atoms with E-state index in [9.17, 15) is 5.11 Å². The summed E-state index contributed by atoms with van der Waals surface area (Å²) >= 11 is 0. The predicted octanol–water partition coefficient (Wildman–Crippen LogP) is 10.2. The summed E-state index contributed by atoms with van der Waals surface area (Å²) in [5, 5.41) is 11.3. The maximum absolute atomic E-state index is 11.3. The third-order valence-corrected chi connectivity index (χ3v) is 22.0. The largest absolute Gasteiger partial charge is 0.415 e. The molecule has 1 aromatic rings. The van der Waals surface area contributed by atoms with Crippen LogP contribution in [0.2, 0.25) is 34.8 Å². The third kappa shape index (κ3) is 10.8. The molecule has 47 heavy (non-hydrogen) atoms. The van der Waals surface area contributed by atoms with Gasteiger partial charge in [0.25, 0.3) is 0 Å². The zero-order chi connectivity index (χ0) is 35.2. The molecule has 0 radical (unpaired) electrons. The minimum Gasteiger partial charge on any atom is -0.415 e. The number of benzene rings is 1. The van der Waals surface area contributed by atoms with Gasteiger partial charge in [0, 0.05) is 32.5 Å². The first-order valence-electron chi connectivity index (χ1n) is 18.4. The highest BCUT2D eigenvalue weighted by Gasteiger charge is 2.51. The molecule has 2 fully saturated rings. The van der Waals surface area contributed by atoms with Crippen LogP contribution in [0.25, 0.3) is 0 Å². The normalized spacial score (nSPS) is 26.8. The average Bonchev–Trinajstić information content (AvgIpc) is 2.94. The minimum absolute atomic E-state index is 0.00595. The molecule has 2 aliphatic rings. The summed E-state index contributed by atoms with van der Waals surface area (Å²) < 4.78 is 33.8. The number of ether oxygens (including phenoxy) is 3. The predicted molar refractivity (Wildman–Crippen MR) is 200 cm³/mol. The Morgan fingerprint density at radius 1 is 0.936 bits per heavy atom. The number of hydrogen-bond acceptors (Lipinski definition) is 6. The summed E-state index contributed by atoms with van der Waals surface area (Å²) in [7, 11) is -4.01. The van der Waals surface area contributed by atoms with E-state index in [2.05, 4.69) is 101 Å². The standard InChI is InChI=1S/C39H70O6Si2/c1-28(2)47(29(3)4,30(5)6)42-26-32(8)31(7)21-36-22-34(40)24-39(44-36)25-37(45-46(12,13)38(9,10)11)23-35(43-39)19-20-41-27-33-17-15-14-16-18-33/h14-18,28-30,32,34-37,40H,7,19-27H2,1-6,8-13H3/t32-,34-,35-,36-,37-,39-/m0/s1. The van der Waals surface area contributed by atoms with Crippen molar-refractivity contribution in [1.29, 1.82) is 0 Å². The van der Waals surface area contributed by atoms with Crippen molar-refractivity contribution in [2.24, 2.45) is 5.92 Å². The van der Waals surface area contributed by atoms with Gasteiger partial charge in [0.05, 0.1) is 31.0 Å². The van der Waals surface area contributed by atoms with Crippen LogP contribution in [0.15, 0.2) is 42.5 Å². The van der Waals surface area contributed by atoms with Crippen molar-refractivity contribution in [2.45, 2.75) is 179 Å². The maximum atomic E-state index is 11.3. The Bertz CT molecular complexity index is 1080. The Kier molecular flexibility index (Phi) is 14.6. The highest BCUT2D eigenvalue weighted by Crippen LogP contribution is 2.46. The molecule has 2 saturated heterocycles. The highest BCUT2D eigenvalue weighted by molar-refractivity contribution is 6.77. The molecule has 2 aliphatic heterocycles. The van der Waals surface area contributed by atoms with Gasteiger partial charge in [0.1, 0.15) is 0 Å². The zero-order valence-corrected chi connectivity index (χ0v) is 34.1. The molecule has 6 atom stereocenters. The van der Waals surface area contributed by atoms with E-state index in [-0.39, 0.29) is 29.3 Å². The summed E-state index contributed by atoms with van der Waals surface area (Å²) in [6, 6.07) is 10.3. The molecule has 1 aromatic carbocycles. The molecular formula is C39H70O6Si2. The van der Waals surface area contributed by atoms with E-state index in [1.54, 1.807) is 0 Å². The molecule has 1 spiro atoms. The molecule has 3 rings (SSSR count). The van der Waals surface area contributed by atoms with Gasteiger partial charge in [-0.3, -0.25) is 0 Å². The van der Waals surface area contributed by atoms with E-state index in [0.717, 1.165) is 18.4 Å². The van der Waals surface area contributed by atoms with Gasteiger partial charge in [-0.05, 0) is 65.5 Å². The second kappa shape index (κ2) is 16.9. The molecule has 1 N–H and O–H groups in total. The second-order valence-corrected chi connectivity index (χ2v) is 27.4. The first kappa shape index (κ1) is 40.6. The molecule has 270 valence electrons. The average molecular weight is 691 g/mol. The Morgan fingerprint density at radius 3 is 2.11 bits per heavy atom. The van der Waals surface area contributed by atoms with Crippen LogP contribution in [0.3, 0.4) is 0 Å². The number of hydrogen-bond donors (Lipinski definition) is 1. The van der Waals surface area contributed by atoms with Gasteiger partial charge in [-0.15, -0.1) is 0 Å². The van der Waals surface area contributed by atoms with Crippen LogP contribution < -0.4 is 0 Å². The van der Waals surface area contributed by atoms with Crippen LogP contribution in [0.4, 0.5) is 0 Å². The lowest BCUT2D eigenvalue weighted by molar-refractivity contribution is -0.338. The maximum Gasteiger partial charge on any atom is 0.200 e. The van der Waals surface area contributed by atoms with E-state index < -0.39 is 28.5 Å². The molecule has 0 amide bonds. The molecule has 0 aliphatic carbocycles. The van der Waals surface area contributed by atoms with Crippen molar-refractivity contribution in [2.75, 3.05) is 13.2 Å².